The van der Waals surface area contributed by atoms with E-state index >= 15 is 0 Å². The van der Waals surface area contributed by atoms with Gasteiger partial charge in [-0.25, -0.2) is 0 Å². The monoisotopic (exact) mass is 486 g/mol. The molecule has 9 heteroatoms. The molecular formula is C25H31ClN4O4. The number of halogens is 1. The standard InChI is InChI=1S/C25H31ClN4O4/c26-21-13-24-23(33-17-34-24)12-19(21)15-28-7-5-20-3-4-25(31)30(20)16-22(18-2-1-6-27-14-18)29-8-10-32-11-9-29/h1-2,6,12-14,20,22,28H,3-5,7-11,15-17H2/t20-,22+/m1/s1. The lowest BCUT2D eigenvalue weighted by Gasteiger charge is -2.38. The molecule has 2 atom stereocenters. The molecule has 34 heavy (non-hydrogen) atoms. The second-order valence-electron chi connectivity index (χ2n) is 8.95. The number of carbonyl (C=O) groups excluding carboxylic acids is 1. The number of pyridine rings is 1. The average molecular weight is 487 g/mol. The fourth-order valence-electron chi connectivity index (χ4n) is 5.01. The predicted octanol–water partition coefficient (Wildman–Crippen LogP) is 3.01. The van der Waals surface area contributed by atoms with Gasteiger partial charge in [0.25, 0.3) is 0 Å². The van der Waals surface area contributed by atoms with Crippen molar-refractivity contribution in [3.05, 3.63) is 52.8 Å². The zero-order valence-electron chi connectivity index (χ0n) is 19.2. The number of benzene rings is 1. The number of ether oxygens (including phenoxy) is 3. The molecule has 2 fully saturated rings. The number of morpholine rings is 1. The number of hydrogen-bond acceptors (Lipinski definition) is 7. The number of nitrogens with zero attached hydrogens (tertiary/aromatic N) is 3. The van der Waals surface area contributed by atoms with E-state index in [0.29, 0.717) is 30.3 Å². The van der Waals surface area contributed by atoms with E-state index in [1.807, 2.05) is 24.4 Å². The second kappa shape index (κ2) is 10.9. The van der Waals surface area contributed by atoms with Crippen molar-refractivity contribution in [1.29, 1.82) is 0 Å². The highest BCUT2D eigenvalue weighted by molar-refractivity contribution is 6.31. The predicted molar refractivity (Wildman–Crippen MR) is 128 cm³/mol. The van der Waals surface area contributed by atoms with Crippen LogP contribution in [-0.2, 0) is 16.1 Å². The van der Waals surface area contributed by atoms with Crippen LogP contribution in [0.4, 0.5) is 0 Å². The molecule has 3 aliphatic rings. The number of aromatic nitrogens is 1. The van der Waals surface area contributed by atoms with Gasteiger partial charge in [0.2, 0.25) is 12.7 Å². The molecule has 4 heterocycles. The summed E-state index contributed by atoms with van der Waals surface area (Å²) in [5.74, 6) is 1.67. The summed E-state index contributed by atoms with van der Waals surface area (Å²) in [5.41, 5.74) is 2.13. The molecule has 2 aromatic rings. The lowest BCUT2D eigenvalue weighted by Crippen LogP contribution is -2.46. The Hall–Kier alpha value is -2.39. The van der Waals surface area contributed by atoms with Gasteiger partial charge in [-0.2, -0.15) is 0 Å². The second-order valence-corrected chi connectivity index (χ2v) is 9.36. The van der Waals surface area contributed by atoms with E-state index in [0.717, 1.165) is 62.6 Å². The molecule has 5 rings (SSSR count). The van der Waals surface area contributed by atoms with E-state index < -0.39 is 0 Å². The van der Waals surface area contributed by atoms with Gasteiger partial charge in [0, 0.05) is 62.1 Å². The van der Waals surface area contributed by atoms with Crippen molar-refractivity contribution in [1.82, 2.24) is 20.1 Å². The van der Waals surface area contributed by atoms with Crippen LogP contribution in [0.15, 0.2) is 36.7 Å². The topological polar surface area (TPSA) is 76.2 Å². The van der Waals surface area contributed by atoms with Crippen molar-refractivity contribution < 1.29 is 19.0 Å². The summed E-state index contributed by atoms with van der Waals surface area (Å²) < 4.78 is 16.4. The van der Waals surface area contributed by atoms with Gasteiger partial charge in [0.1, 0.15) is 0 Å². The Bertz CT molecular complexity index is 986. The largest absolute Gasteiger partial charge is 0.454 e. The Balaban J connectivity index is 1.19. The van der Waals surface area contributed by atoms with Crippen LogP contribution in [0.2, 0.25) is 5.02 Å². The van der Waals surface area contributed by atoms with E-state index in [1.165, 1.54) is 0 Å². The number of carbonyl (C=O) groups is 1. The van der Waals surface area contributed by atoms with Crippen LogP contribution >= 0.6 is 11.6 Å². The minimum atomic E-state index is 0.127. The minimum absolute atomic E-state index is 0.127. The molecule has 3 aliphatic heterocycles. The number of likely N-dealkylation sites (tertiary alicyclic amines) is 1. The van der Waals surface area contributed by atoms with Gasteiger partial charge in [-0.3, -0.25) is 14.7 Å². The van der Waals surface area contributed by atoms with Crippen molar-refractivity contribution in [2.75, 3.05) is 46.2 Å². The van der Waals surface area contributed by atoms with Gasteiger partial charge in [-0.1, -0.05) is 17.7 Å². The van der Waals surface area contributed by atoms with Crippen molar-refractivity contribution in [2.24, 2.45) is 0 Å². The maximum absolute atomic E-state index is 12.8. The van der Waals surface area contributed by atoms with E-state index in [2.05, 4.69) is 26.2 Å². The highest BCUT2D eigenvalue weighted by Crippen LogP contribution is 2.36. The molecule has 0 spiro atoms. The SMILES string of the molecule is O=C1CC[C@H](CCNCc2cc3c(cc2Cl)OCO3)N1C[C@@H](c1cccnc1)N1CCOCC1. The fourth-order valence-corrected chi connectivity index (χ4v) is 5.23. The quantitative estimate of drug-likeness (QED) is 0.546. The molecule has 0 unspecified atom stereocenters. The number of rotatable bonds is 9. The number of fused-ring (bicyclic) bond motifs is 1. The number of hydrogen-bond donors (Lipinski definition) is 1. The maximum Gasteiger partial charge on any atom is 0.231 e. The number of amides is 1. The van der Waals surface area contributed by atoms with Crippen molar-refractivity contribution in [2.45, 2.75) is 37.9 Å². The minimum Gasteiger partial charge on any atom is -0.454 e. The Morgan fingerprint density at radius 3 is 2.82 bits per heavy atom. The Morgan fingerprint density at radius 2 is 2.03 bits per heavy atom. The zero-order chi connectivity index (χ0) is 23.3. The molecular weight excluding hydrogens is 456 g/mol. The van der Waals surface area contributed by atoms with Crippen LogP contribution < -0.4 is 14.8 Å². The highest BCUT2D eigenvalue weighted by Gasteiger charge is 2.34. The molecule has 1 N–H and O–H groups in total. The first kappa shape index (κ1) is 23.4. The Kier molecular flexibility index (Phi) is 7.49. The van der Waals surface area contributed by atoms with Crippen LogP contribution in [0.3, 0.4) is 0 Å². The maximum atomic E-state index is 12.8. The molecule has 8 nitrogen and oxygen atoms in total. The summed E-state index contributed by atoms with van der Waals surface area (Å²) in [6.07, 6.45) is 6.13. The van der Waals surface area contributed by atoms with Gasteiger partial charge in [-0.05, 0) is 42.6 Å². The fraction of sp³-hybridized carbons (Fsp3) is 0.520. The third kappa shape index (κ3) is 5.30. The molecule has 182 valence electrons. The van der Waals surface area contributed by atoms with Gasteiger partial charge in [-0.15, -0.1) is 0 Å². The lowest BCUT2D eigenvalue weighted by atomic mass is 10.0. The van der Waals surface area contributed by atoms with E-state index in [-0.39, 0.29) is 24.8 Å². The van der Waals surface area contributed by atoms with Gasteiger partial charge < -0.3 is 24.4 Å². The summed E-state index contributed by atoms with van der Waals surface area (Å²) in [6, 6.07) is 8.18. The Morgan fingerprint density at radius 1 is 1.21 bits per heavy atom. The molecule has 0 aliphatic carbocycles. The van der Waals surface area contributed by atoms with E-state index in [9.17, 15) is 4.79 Å². The Labute approximate surface area is 205 Å². The first-order chi connectivity index (χ1) is 16.7. The lowest BCUT2D eigenvalue weighted by molar-refractivity contribution is -0.130. The smallest absolute Gasteiger partial charge is 0.231 e. The van der Waals surface area contributed by atoms with Gasteiger partial charge in [0.05, 0.1) is 19.3 Å². The average Bonchev–Trinajstić information content (AvgIpc) is 3.47. The van der Waals surface area contributed by atoms with Crippen LogP contribution in [0, 0.1) is 0 Å². The van der Waals surface area contributed by atoms with Crippen molar-refractivity contribution >= 4 is 17.5 Å². The van der Waals surface area contributed by atoms with Crippen LogP contribution in [-0.4, -0.2) is 72.9 Å². The van der Waals surface area contributed by atoms with Gasteiger partial charge >= 0.3 is 0 Å². The number of nitrogens with one attached hydrogen (secondary N) is 1. The third-order valence-electron chi connectivity index (χ3n) is 6.89. The highest BCUT2D eigenvalue weighted by atomic mass is 35.5. The summed E-state index contributed by atoms with van der Waals surface area (Å²) in [7, 11) is 0. The molecule has 0 radical (unpaired) electrons. The molecule has 2 saturated heterocycles. The summed E-state index contributed by atoms with van der Waals surface area (Å²) in [6.45, 7) is 5.54. The van der Waals surface area contributed by atoms with Crippen LogP contribution in [0.5, 0.6) is 11.5 Å². The first-order valence-electron chi connectivity index (χ1n) is 12.0. The normalized spacial score (nSPS) is 21.3. The van der Waals surface area contributed by atoms with Crippen LogP contribution in [0.1, 0.15) is 36.4 Å². The van der Waals surface area contributed by atoms with E-state index in [4.69, 9.17) is 25.8 Å². The molecule has 1 aromatic carbocycles. The van der Waals surface area contributed by atoms with Crippen LogP contribution in [0.25, 0.3) is 0 Å². The molecule has 1 amide bonds. The summed E-state index contributed by atoms with van der Waals surface area (Å²) >= 11 is 6.40. The van der Waals surface area contributed by atoms with E-state index in [1.54, 1.807) is 6.20 Å². The molecule has 0 bridgehead atoms. The molecule has 0 saturated carbocycles. The zero-order valence-corrected chi connectivity index (χ0v) is 20.0. The van der Waals surface area contributed by atoms with Crippen molar-refractivity contribution in [3.8, 4) is 11.5 Å². The van der Waals surface area contributed by atoms with Crippen molar-refractivity contribution in [3.63, 3.8) is 0 Å². The molecule has 1 aromatic heterocycles. The summed E-state index contributed by atoms with van der Waals surface area (Å²) in [4.78, 5) is 21.7. The van der Waals surface area contributed by atoms with Gasteiger partial charge in [0.15, 0.2) is 11.5 Å². The third-order valence-corrected chi connectivity index (χ3v) is 7.24. The summed E-state index contributed by atoms with van der Waals surface area (Å²) in [5, 5.41) is 4.15. The first-order valence-corrected chi connectivity index (χ1v) is 12.4.